The Hall–Kier alpha value is -5.04. The molecule has 4 atom stereocenters. The number of fused-ring (bicyclic) bond motifs is 2. The fourth-order valence-electron chi connectivity index (χ4n) is 5.39. The standard InChI is InChI=1S/C33H38N6O7/c1-21-29(40)36-26(18-23-11-6-3-7-12-23)31(42)37-25(17-22-9-4-2-5-10-22)30(41)34-14-15-39(33(44)28-13-8-16-45-28)20-24-19-27(38-46-24)32(43)35-21/h2-7,9-12,19,21,25-26,28H,8,13-18,20H2,1H3,(H,34,41)(H,35,43)(H,36,40)(H,37,42)/t21-,25+,26-,28-/m0/s1. The lowest BCUT2D eigenvalue weighted by molar-refractivity contribution is -0.142. The van der Waals surface area contributed by atoms with E-state index in [-0.39, 0.29) is 49.8 Å². The van der Waals surface area contributed by atoms with Crippen molar-refractivity contribution in [3.05, 3.63) is 89.3 Å². The van der Waals surface area contributed by atoms with Crippen LogP contribution in [0.1, 0.15) is 47.1 Å². The van der Waals surface area contributed by atoms with Gasteiger partial charge in [0.1, 0.15) is 24.2 Å². The maximum Gasteiger partial charge on any atom is 0.274 e. The summed E-state index contributed by atoms with van der Waals surface area (Å²) in [6.45, 7) is 2.13. The number of ether oxygens (including phenoxy) is 1. The minimum atomic E-state index is -1.06. The lowest BCUT2D eigenvalue weighted by Gasteiger charge is -2.26. The van der Waals surface area contributed by atoms with Crippen molar-refractivity contribution >= 4 is 29.5 Å². The predicted molar refractivity (Wildman–Crippen MR) is 165 cm³/mol. The van der Waals surface area contributed by atoms with Gasteiger partial charge in [0.2, 0.25) is 17.7 Å². The van der Waals surface area contributed by atoms with Crippen LogP contribution in [-0.4, -0.2) is 83.5 Å². The van der Waals surface area contributed by atoms with Crippen LogP contribution >= 0.6 is 0 Å². The van der Waals surface area contributed by atoms with E-state index in [0.29, 0.717) is 13.0 Å². The van der Waals surface area contributed by atoms with Crippen molar-refractivity contribution in [2.45, 2.75) is 63.4 Å². The number of benzene rings is 2. The van der Waals surface area contributed by atoms with E-state index in [2.05, 4.69) is 26.4 Å². The maximum absolute atomic E-state index is 13.8. The van der Waals surface area contributed by atoms with Crippen molar-refractivity contribution in [2.75, 3.05) is 19.7 Å². The van der Waals surface area contributed by atoms with E-state index in [1.54, 1.807) is 0 Å². The molecule has 242 valence electrons. The first-order valence-corrected chi connectivity index (χ1v) is 15.4. The van der Waals surface area contributed by atoms with Crippen LogP contribution in [0.3, 0.4) is 0 Å². The second-order valence-corrected chi connectivity index (χ2v) is 11.4. The summed E-state index contributed by atoms with van der Waals surface area (Å²) < 4.78 is 11.0. The highest BCUT2D eigenvalue weighted by atomic mass is 16.5. The summed E-state index contributed by atoms with van der Waals surface area (Å²) in [7, 11) is 0. The molecule has 3 aromatic rings. The highest BCUT2D eigenvalue weighted by Crippen LogP contribution is 2.17. The number of hydrogen-bond acceptors (Lipinski definition) is 8. The molecule has 3 heterocycles. The van der Waals surface area contributed by atoms with Gasteiger partial charge in [-0.15, -0.1) is 0 Å². The Morgan fingerprint density at radius 2 is 1.50 bits per heavy atom. The van der Waals surface area contributed by atoms with E-state index in [1.807, 2.05) is 60.7 Å². The van der Waals surface area contributed by atoms with Gasteiger partial charge in [0.05, 0.1) is 6.54 Å². The average Bonchev–Trinajstić information content (AvgIpc) is 3.77. The number of aromatic nitrogens is 1. The minimum Gasteiger partial charge on any atom is -0.368 e. The van der Waals surface area contributed by atoms with Crippen molar-refractivity contribution in [3.8, 4) is 0 Å². The molecule has 1 fully saturated rings. The predicted octanol–water partition coefficient (Wildman–Crippen LogP) is 0.885. The van der Waals surface area contributed by atoms with Gasteiger partial charge in [0, 0.05) is 38.6 Å². The molecule has 0 aliphatic carbocycles. The molecule has 5 rings (SSSR count). The molecule has 2 aliphatic heterocycles. The normalized spacial score (nSPS) is 23.4. The smallest absolute Gasteiger partial charge is 0.274 e. The van der Waals surface area contributed by atoms with E-state index in [1.165, 1.54) is 17.9 Å². The SMILES string of the molecule is C[C@@H]1NC(=O)c2cc(on2)CN(C(=O)[C@@H]2CCCO2)CCNC(=O)[C@@H](Cc2ccccc2)NC(=O)[C@H](Cc2ccccc2)NC1=O. The maximum atomic E-state index is 13.8. The first-order chi connectivity index (χ1) is 22.3. The zero-order chi connectivity index (χ0) is 32.5. The summed E-state index contributed by atoms with van der Waals surface area (Å²) in [5.74, 6) is -2.30. The van der Waals surface area contributed by atoms with Gasteiger partial charge in [-0.25, -0.2) is 0 Å². The zero-order valence-corrected chi connectivity index (χ0v) is 25.6. The van der Waals surface area contributed by atoms with Crippen LogP contribution in [0.5, 0.6) is 0 Å². The number of nitrogens with zero attached hydrogens (tertiary/aromatic N) is 2. The summed E-state index contributed by atoms with van der Waals surface area (Å²) in [5, 5.41) is 14.8. The van der Waals surface area contributed by atoms with E-state index in [4.69, 9.17) is 9.26 Å². The van der Waals surface area contributed by atoms with E-state index < -0.39 is 47.9 Å². The Bertz CT molecular complexity index is 1520. The number of rotatable bonds is 5. The Balaban J connectivity index is 1.43. The lowest BCUT2D eigenvalue weighted by Crippen LogP contribution is -2.57. The van der Waals surface area contributed by atoms with Crippen LogP contribution < -0.4 is 21.3 Å². The zero-order valence-electron chi connectivity index (χ0n) is 25.6. The molecule has 46 heavy (non-hydrogen) atoms. The second-order valence-electron chi connectivity index (χ2n) is 11.4. The van der Waals surface area contributed by atoms with E-state index >= 15 is 0 Å². The van der Waals surface area contributed by atoms with Crippen molar-refractivity contribution in [1.29, 1.82) is 0 Å². The number of carbonyl (C=O) groups excluding carboxylic acids is 5. The van der Waals surface area contributed by atoms with Gasteiger partial charge in [0.15, 0.2) is 11.5 Å². The molecule has 2 bridgehead atoms. The molecule has 0 saturated carbocycles. The highest BCUT2D eigenvalue weighted by Gasteiger charge is 2.32. The Kier molecular flexibility index (Phi) is 10.8. The van der Waals surface area contributed by atoms with Gasteiger partial charge in [-0.1, -0.05) is 65.8 Å². The monoisotopic (exact) mass is 630 g/mol. The largest absolute Gasteiger partial charge is 0.368 e. The van der Waals surface area contributed by atoms with Gasteiger partial charge < -0.3 is 35.4 Å². The average molecular weight is 631 g/mol. The van der Waals surface area contributed by atoms with Gasteiger partial charge in [0.25, 0.3) is 11.8 Å². The summed E-state index contributed by atoms with van der Waals surface area (Å²) in [6.07, 6.45) is 1.04. The number of hydrogen-bond donors (Lipinski definition) is 4. The van der Waals surface area contributed by atoms with E-state index in [9.17, 15) is 24.0 Å². The molecule has 4 N–H and O–H groups in total. The van der Waals surface area contributed by atoms with Crippen LogP contribution in [0.4, 0.5) is 0 Å². The molecule has 0 radical (unpaired) electrons. The third kappa shape index (κ3) is 8.57. The summed E-state index contributed by atoms with van der Waals surface area (Å²) >= 11 is 0. The van der Waals surface area contributed by atoms with Crippen molar-refractivity contribution in [3.63, 3.8) is 0 Å². The number of nitrogens with one attached hydrogen (secondary N) is 4. The Morgan fingerprint density at radius 3 is 2.13 bits per heavy atom. The van der Waals surface area contributed by atoms with Crippen LogP contribution in [0.25, 0.3) is 0 Å². The molecule has 0 spiro atoms. The molecule has 2 aliphatic rings. The Morgan fingerprint density at radius 1 is 0.870 bits per heavy atom. The molecule has 5 amide bonds. The molecular weight excluding hydrogens is 592 g/mol. The fraction of sp³-hybridized carbons (Fsp3) is 0.394. The fourth-order valence-corrected chi connectivity index (χ4v) is 5.39. The summed E-state index contributed by atoms with van der Waals surface area (Å²) in [4.78, 5) is 68.4. The molecule has 0 unspecified atom stereocenters. The molecule has 13 heteroatoms. The highest BCUT2D eigenvalue weighted by molar-refractivity contribution is 5.97. The first kappa shape index (κ1) is 32.4. The number of carbonyl (C=O) groups is 5. The molecule has 1 aromatic heterocycles. The van der Waals surface area contributed by atoms with Gasteiger partial charge in [-0.2, -0.15) is 0 Å². The van der Waals surface area contributed by atoms with Gasteiger partial charge >= 0.3 is 0 Å². The van der Waals surface area contributed by atoms with Crippen LogP contribution in [0.15, 0.2) is 71.3 Å². The van der Waals surface area contributed by atoms with Crippen LogP contribution in [0.2, 0.25) is 0 Å². The molecule has 2 aromatic carbocycles. The quantitative estimate of drug-likeness (QED) is 0.322. The second kappa shape index (κ2) is 15.3. The lowest BCUT2D eigenvalue weighted by atomic mass is 10.0. The molecule has 13 nitrogen and oxygen atoms in total. The van der Waals surface area contributed by atoms with E-state index in [0.717, 1.165) is 17.5 Å². The Labute approximate surface area is 266 Å². The van der Waals surface area contributed by atoms with Gasteiger partial charge in [-0.05, 0) is 30.9 Å². The topological polar surface area (TPSA) is 172 Å². The molecular formula is C33H38N6O7. The van der Waals surface area contributed by atoms with Crippen LogP contribution in [0, 0.1) is 0 Å². The third-order valence-corrected chi connectivity index (χ3v) is 7.91. The first-order valence-electron chi connectivity index (χ1n) is 15.4. The van der Waals surface area contributed by atoms with Crippen molar-refractivity contribution in [2.24, 2.45) is 0 Å². The molecule has 1 saturated heterocycles. The van der Waals surface area contributed by atoms with Crippen LogP contribution in [-0.2, 0) is 43.3 Å². The number of amides is 5. The third-order valence-electron chi connectivity index (χ3n) is 7.91. The van der Waals surface area contributed by atoms with Crippen molar-refractivity contribution in [1.82, 2.24) is 31.3 Å². The minimum absolute atomic E-state index is 0.0176. The summed E-state index contributed by atoms with van der Waals surface area (Å²) in [6, 6.07) is 16.7. The van der Waals surface area contributed by atoms with Crippen molar-refractivity contribution < 1.29 is 33.2 Å². The summed E-state index contributed by atoms with van der Waals surface area (Å²) in [5.41, 5.74) is 1.54. The van der Waals surface area contributed by atoms with Gasteiger partial charge in [-0.3, -0.25) is 24.0 Å².